The zero-order chi connectivity index (χ0) is 11.0. The van der Waals surface area contributed by atoms with Gasteiger partial charge < -0.3 is 5.32 Å². The fourth-order valence-corrected chi connectivity index (χ4v) is 3.62. The van der Waals surface area contributed by atoms with Gasteiger partial charge in [-0.15, -0.1) is 11.3 Å². The molecule has 0 spiro atoms. The lowest BCUT2D eigenvalue weighted by Crippen LogP contribution is -2.48. The second kappa shape index (κ2) is 4.47. The largest absolute Gasteiger partial charge is 0.316 e. The van der Waals surface area contributed by atoms with E-state index in [1.807, 2.05) is 11.3 Å². The van der Waals surface area contributed by atoms with Gasteiger partial charge in [0, 0.05) is 24.5 Å². The second-order valence-corrected chi connectivity index (χ2v) is 6.25. The summed E-state index contributed by atoms with van der Waals surface area (Å²) >= 11 is 1.93. The molecule has 3 heterocycles. The molecule has 2 aliphatic heterocycles. The smallest absolute Gasteiger partial charge is 0.0245 e. The molecule has 1 aromatic rings. The predicted octanol–water partition coefficient (Wildman–Crippen LogP) is 1.96. The van der Waals surface area contributed by atoms with E-state index in [0.29, 0.717) is 0 Å². The highest BCUT2D eigenvalue weighted by atomic mass is 32.1. The maximum Gasteiger partial charge on any atom is 0.0245 e. The number of nitrogens with one attached hydrogen (secondary N) is 1. The molecule has 2 nitrogen and oxygen atoms in total. The van der Waals surface area contributed by atoms with Gasteiger partial charge in [-0.05, 0) is 48.4 Å². The topological polar surface area (TPSA) is 15.3 Å². The molecule has 0 amide bonds. The summed E-state index contributed by atoms with van der Waals surface area (Å²) in [6, 6.07) is 2.31. The average Bonchev–Trinajstić information content (AvgIpc) is 2.61. The monoisotopic (exact) mass is 236 g/mol. The van der Waals surface area contributed by atoms with E-state index in [0.717, 1.165) is 11.8 Å². The van der Waals surface area contributed by atoms with Crippen LogP contribution in [0.5, 0.6) is 0 Å². The van der Waals surface area contributed by atoms with E-state index in [1.165, 1.54) is 39.1 Å². The van der Waals surface area contributed by atoms with Gasteiger partial charge in [0.15, 0.2) is 0 Å². The zero-order valence-corrected chi connectivity index (χ0v) is 10.7. The van der Waals surface area contributed by atoms with Crippen molar-refractivity contribution in [3.63, 3.8) is 0 Å². The molecule has 1 atom stereocenters. The Bertz CT molecular complexity index is 357. The molecule has 0 radical (unpaired) electrons. The van der Waals surface area contributed by atoms with Crippen molar-refractivity contribution in [2.24, 2.45) is 11.8 Å². The summed E-state index contributed by atoms with van der Waals surface area (Å²) in [6.45, 7) is 8.61. The first-order chi connectivity index (χ1) is 7.83. The van der Waals surface area contributed by atoms with Crippen molar-refractivity contribution >= 4 is 11.3 Å². The van der Waals surface area contributed by atoms with E-state index < -0.39 is 0 Å². The molecule has 1 aromatic heterocycles. The van der Waals surface area contributed by atoms with Crippen LogP contribution in [0.3, 0.4) is 0 Å². The highest BCUT2D eigenvalue weighted by Gasteiger charge is 2.26. The van der Waals surface area contributed by atoms with Crippen LogP contribution in [0.4, 0.5) is 0 Å². The standard InChI is InChI=1S/C13H20N2S/c1-10(12-6-14-7-12)8-15-4-2-13-11(9-15)3-5-16-13/h3,5,10,12,14H,2,4,6-9H2,1H3. The van der Waals surface area contributed by atoms with Gasteiger partial charge in [-0.25, -0.2) is 0 Å². The highest BCUT2D eigenvalue weighted by Crippen LogP contribution is 2.26. The maximum absolute atomic E-state index is 3.37. The number of hydrogen-bond donors (Lipinski definition) is 1. The van der Waals surface area contributed by atoms with Gasteiger partial charge in [0.1, 0.15) is 0 Å². The summed E-state index contributed by atoms with van der Waals surface area (Å²) in [6.07, 6.45) is 1.27. The Labute approximate surface area is 102 Å². The van der Waals surface area contributed by atoms with Crippen molar-refractivity contribution in [1.82, 2.24) is 10.2 Å². The van der Waals surface area contributed by atoms with Crippen molar-refractivity contribution in [2.45, 2.75) is 19.9 Å². The quantitative estimate of drug-likeness (QED) is 0.863. The Balaban J connectivity index is 1.57. The lowest BCUT2D eigenvalue weighted by Gasteiger charge is -2.37. The van der Waals surface area contributed by atoms with Crippen LogP contribution in [0.1, 0.15) is 17.4 Å². The molecular weight excluding hydrogens is 216 g/mol. The molecule has 16 heavy (non-hydrogen) atoms. The number of fused-ring (bicyclic) bond motifs is 1. The first-order valence-corrected chi connectivity index (χ1v) is 7.19. The summed E-state index contributed by atoms with van der Waals surface area (Å²) in [7, 11) is 0. The maximum atomic E-state index is 3.37. The van der Waals surface area contributed by atoms with Crippen molar-refractivity contribution in [1.29, 1.82) is 0 Å². The van der Waals surface area contributed by atoms with E-state index in [-0.39, 0.29) is 0 Å². The first-order valence-electron chi connectivity index (χ1n) is 6.31. The summed E-state index contributed by atoms with van der Waals surface area (Å²) in [5.74, 6) is 1.77. The summed E-state index contributed by atoms with van der Waals surface area (Å²) in [5, 5.41) is 5.62. The van der Waals surface area contributed by atoms with Crippen molar-refractivity contribution in [3.05, 3.63) is 21.9 Å². The molecule has 1 saturated heterocycles. The lowest BCUT2D eigenvalue weighted by atomic mass is 9.88. The summed E-state index contributed by atoms with van der Waals surface area (Å²) < 4.78 is 0. The molecule has 1 unspecified atom stereocenters. The van der Waals surface area contributed by atoms with E-state index in [4.69, 9.17) is 0 Å². The Morgan fingerprint density at radius 1 is 1.56 bits per heavy atom. The molecular formula is C13H20N2S. The molecule has 88 valence electrons. The Morgan fingerprint density at radius 3 is 3.19 bits per heavy atom. The van der Waals surface area contributed by atoms with Crippen LogP contribution in [0.2, 0.25) is 0 Å². The van der Waals surface area contributed by atoms with Gasteiger partial charge in [0.25, 0.3) is 0 Å². The van der Waals surface area contributed by atoms with Gasteiger partial charge in [-0.1, -0.05) is 6.92 Å². The van der Waals surface area contributed by atoms with E-state index >= 15 is 0 Å². The molecule has 0 bridgehead atoms. The van der Waals surface area contributed by atoms with Crippen molar-refractivity contribution < 1.29 is 0 Å². The fourth-order valence-electron chi connectivity index (χ4n) is 2.73. The molecule has 0 aliphatic carbocycles. The van der Waals surface area contributed by atoms with Crippen LogP contribution in [0, 0.1) is 11.8 Å². The summed E-state index contributed by atoms with van der Waals surface area (Å²) in [5.41, 5.74) is 1.58. The van der Waals surface area contributed by atoms with Crippen LogP contribution in [-0.2, 0) is 13.0 Å². The SMILES string of the molecule is CC(CN1CCc2sccc2C1)C1CNC1. The molecule has 2 aliphatic rings. The molecule has 1 N–H and O–H groups in total. The van der Waals surface area contributed by atoms with Crippen LogP contribution in [0.25, 0.3) is 0 Å². The third-order valence-electron chi connectivity index (χ3n) is 4.05. The number of hydrogen-bond acceptors (Lipinski definition) is 3. The van der Waals surface area contributed by atoms with Gasteiger partial charge in [0.2, 0.25) is 0 Å². The second-order valence-electron chi connectivity index (χ2n) is 5.25. The summed E-state index contributed by atoms with van der Waals surface area (Å²) in [4.78, 5) is 4.26. The van der Waals surface area contributed by atoms with Crippen LogP contribution in [-0.4, -0.2) is 31.1 Å². The Hall–Kier alpha value is -0.380. The molecule has 0 saturated carbocycles. The van der Waals surface area contributed by atoms with E-state index in [2.05, 4.69) is 28.6 Å². The van der Waals surface area contributed by atoms with Gasteiger partial charge in [0.05, 0.1) is 0 Å². The van der Waals surface area contributed by atoms with Crippen LogP contribution < -0.4 is 5.32 Å². The van der Waals surface area contributed by atoms with Crippen molar-refractivity contribution in [3.8, 4) is 0 Å². The average molecular weight is 236 g/mol. The van der Waals surface area contributed by atoms with E-state index in [9.17, 15) is 0 Å². The number of thiophene rings is 1. The van der Waals surface area contributed by atoms with Crippen LogP contribution >= 0.6 is 11.3 Å². The van der Waals surface area contributed by atoms with Crippen LogP contribution in [0.15, 0.2) is 11.4 Å². The Morgan fingerprint density at radius 2 is 2.44 bits per heavy atom. The van der Waals surface area contributed by atoms with Gasteiger partial charge >= 0.3 is 0 Å². The third kappa shape index (κ3) is 2.04. The molecule has 1 fully saturated rings. The minimum atomic E-state index is 0.849. The first kappa shape index (κ1) is 10.8. The fraction of sp³-hybridized carbons (Fsp3) is 0.692. The van der Waals surface area contributed by atoms with Gasteiger partial charge in [-0.3, -0.25) is 4.90 Å². The van der Waals surface area contributed by atoms with E-state index in [1.54, 1.807) is 10.4 Å². The Kier molecular flexibility index (Phi) is 3.01. The number of nitrogens with zero attached hydrogens (tertiary/aromatic N) is 1. The lowest BCUT2D eigenvalue weighted by molar-refractivity contribution is 0.157. The number of rotatable bonds is 3. The minimum Gasteiger partial charge on any atom is -0.316 e. The zero-order valence-electron chi connectivity index (χ0n) is 9.91. The highest BCUT2D eigenvalue weighted by molar-refractivity contribution is 7.10. The molecule has 3 rings (SSSR count). The molecule has 0 aromatic carbocycles. The molecule has 3 heteroatoms. The third-order valence-corrected chi connectivity index (χ3v) is 5.07. The van der Waals surface area contributed by atoms with Crippen molar-refractivity contribution in [2.75, 3.05) is 26.2 Å². The predicted molar refractivity (Wildman–Crippen MR) is 68.8 cm³/mol. The normalized spacial score (nSPS) is 23.8. The minimum absolute atomic E-state index is 0.849. The van der Waals surface area contributed by atoms with Gasteiger partial charge in [-0.2, -0.15) is 0 Å².